The second-order valence-electron chi connectivity index (χ2n) is 8.37. The summed E-state index contributed by atoms with van der Waals surface area (Å²) in [7, 11) is 0. The number of hydrogen-bond donors (Lipinski definition) is 2. The van der Waals surface area contributed by atoms with Gasteiger partial charge in [-0.1, -0.05) is 36.8 Å². The average molecular weight is 463 g/mol. The fourth-order valence-corrected chi connectivity index (χ4v) is 5.62. The predicted octanol–water partition coefficient (Wildman–Crippen LogP) is 4.61. The van der Waals surface area contributed by atoms with Crippen LogP contribution in [0, 0.1) is 0 Å². The van der Waals surface area contributed by atoms with Crippen molar-refractivity contribution in [2.45, 2.75) is 38.2 Å². The number of rotatable bonds is 6. The molecule has 33 heavy (non-hydrogen) atoms. The monoisotopic (exact) mass is 462 g/mol. The Morgan fingerprint density at radius 1 is 1.09 bits per heavy atom. The van der Waals surface area contributed by atoms with Crippen molar-refractivity contribution < 1.29 is 14.6 Å². The van der Waals surface area contributed by atoms with Gasteiger partial charge in [-0.3, -0.25) is 14.0 Å². The van der Waals surface area contributed by atoms with Gasteiger partial charge in [-0.15, -0.1) is 11.3 Å². The molecule has 0 aliphatic heterocycles. The van der Waals surface area contributed by atoms with Gasteiger partial charge in [0.25, 0.3) is 11.5 Å². The number of aliphatic hydroxyl groups excluding tert-OH is 1. The van der Waals surface area contributed by atoms with Gasteiger partial charge in [0, 0.05) is 18.2 Å². The van der Waals surface area contributed by atoms with Crippen molar-refractivity contribution in [3.8, 4) is 16.9 Å². The minimum absolute atomic E-state index is 0.148. The van der Waals surface area contributed by atoms with E-state index in [0.717, 1.165) is 34.4 Å². The number of carbonyl (C=O) groups is 1. The van der Waals surface area contributed by atoms with Gasteiger partial charge < -0.3 is 15.2 Å². The van der Waals surface area contributed by atoms with E-state index >= 15 is 0 Å². The predicted molar refractivity (Wildman–Crippen MR) is 131 cm³/mol. The lowest BCUT2D eigenvalue weighted by atomic mass is 9.98. The van der Waals surface area contributed by atoms with Crippen LogP contribution in [0.4, 0.5) is 0 Å². The van der Waals surface area contributed by atoms with E-state index in [1.54, 1.807) is 10.5 Å². The summed E-state index contributed by atoms with van der Waals surface area (Å²) in [6, 6.07) is 16.9. The maximum Gasteiger partial charge on any atom is 0.264 e. The molecule has 0 bridgehead atoms. The molecule has 0 atom stereocenters. The summed E-state index contributed by atoms with van der Waals surface area (Å²) in [4.78, 5) is 27.2. The Morgan fingerprint density at radius 2 is 1.88 bits per heavy atom. The van der Waals surface area contributed by atoms with Crippen molar-refractivity contribution in [2.24, 2.45) is 0 Å². The number of hydrogen-bond acceptors (Lipinski definition) is 5. The van der Waals surface area contributed by atoms with Gasteiger partial charge in [-0.25, -0.2) is 0 Å². The summed E-state index contributed by atoms with van der Waals surface area (Å²) in [5.74, 6) is 0.432. The second kappa shape index (κ2) is 9.37. The molecule has 0 saturated heterocycles. The van der Waals surface area contributed by atoms with E-state index in [1.807, 2.05) is 48.5 Å². The fourth-order valence-electron chi connectivity index (χ4n) is 4.48. The molecule has 2 heterocycles. The third-order valence-electron chi connectivity index (χ3n) is 6.12. The van der Waals surface area contributed by atoms with Crippen molar-refractivity contribution in [1.82, 2.24) is 9.72 Å². The molecule has 7 heteroatoms. The lowest BCUT2D eigenvalue weighted by Gasteiger charge is -2.22. The number of ether oxygens (including phenoxy) is 1. The molecule has 2 aromatic heterocycles. The minimum atomic E-state index is -0.316. The first-order chi connectivity index (χ1) is 16.2. The van der Waals surface area contributed by atoms with Crippen LogP contribution < -0.4 is 15.6 Å². The smallest absolute Gasteiger partial charge is 0.264 e. The number of fused-ring (bicyclic) bond motifs is 3. The molecule has 4 aromatic rings. The van der Waals surface area contributed by atoms with E-state index in [-0.39, 0.29) is 30.7 Å². The molecule has 2 N–H and O–H groups in total. The Bertz CT molecular complexity index is 1350. The molecule has 170 valence electrons. The molecule has 2 aromatic carbocycles. The third kappa shape index (κ3) is 4.26. The molecule has 1 amide bonds. The van der Waals surface area contributed by atoms with Gasteiger partial charge in [0.2, 0.25) is 0 Å². The number of amides is 1. The maximum absolute atomic E-state index is 13.7. The molecular formula is C26H26N2O4S. The summed E-state index contributed by atoms with van der Waals surface area (Å²) < 4.78 is 8.79. The third-order valence-corrected chi connectivity index (χ3v) is 7.28. The van der Waals surface area contributed by atoms with Crippen LogP contribution in [0.25, 0.3) is 26.2 Å². The van der Waals surface area contributed by atoms with Crippen LogP contribution in [-0.4, -0.2) is 34.7 Å². The van der Waals surface area contributed by atoms with Crippen molar-refractivity contribution in [3.05, 3.63) is 70.5 Å². The largest absolute Gasteiger partial charge is 0.490 e. The summed E-state index contributed by atoms with van der Waals surface area (Å²) in [5.41, 5.74) is 2.19. The van der Waals surface area contributed by atoms with Crippen molar-refractivity contribution in [1.29, 1.82) is 0 Å². The van der Waals surface area contributed by atoms with Crippen LogP contribution in [0.15, 0.2) is 59.4 Å². The van der Waals surface area contributed by atoms with E-state index in [2.05, 4.69) is 5.32 Å². The highest BCUT2D eigenvalue weighted by atomic mass is 32.1. The van der Waals surface area contributed by atoms with Crippen LogP contribution >= 0.6 is 11.3 Å². The highest BCUT2D eigenvalue weighted by molar-refractivity contribution is 7.24. The van der Waals surface area contributed by atoms with Crippen molar-refractivity contribution in [2.75, 3.05) is 13.2 Å². The average Bonchev–Trinajstić information content (AvgIpc) is 3.23. The lowest BCUT2D eigenvalue weighted by molar-refractivity contribution is 0.0946. The lowest BCUT2D eigenvalue weighted by Crippen LogP contribution is -2.28. The number of carbonyl (C=O) groups excluding carboxylic acids is 1. The molecular weight excluding hydrogens is 436 g/mol. The Balaban J connectivity index is 1.69. The first-order valence-electron chi connectivity index (χ1n) is 11.4. The number of nitrogens with one attached hydrogen (secondary N) is 1. The Labute approximate surface area is 195 Å². The number of aromatic nitrogens is 1. The molecule has 1 aliphatic rings. The first-order valence-corrected chi connectivity index (χ1v) is 12.2. The van der Waals surface area contributed by atoms with Crippen LogP contribution in [0.1, 0.15) is 42.5 Å². The van der Waals surface area contributed by atoms with Crippen molar-refractivity contribution in [3.63, 3.8) is 0 Å². The van der Waals surface area contributed by atoms with Gasteiger partial charge in [0.15, 0.2) is 0 Å². The molecule has 6 nitrogen and oxygen atoms in total. The van der Waals surface area contributed by atoms with E-state index in [0.29, 0.717) is 16.0 Å². The zero-order chi connectivity index (χ0) is 22.8. The van der Waals surface area contributed by atoms with E-state index in [9.17, 15) is 9.59 Å². The summed E-state index contributed by atoms with van der Waals surface area (Å²) in [6.07, 6.45) is 5.93. The number of pyridine rings is 1. The van der Waals surface area contributed by atoms with Crippen molar-refractivity contribution >= 4 is 32.3 Å². The van der Waals surface area contributed by atoms with Gasteiger partial charge in [-0.2, -0.15) is 0 Å². The second-order valence-corrected chi connectivity index (χ2v) is 9.40. The van der Waals surface area contributed by atoms with Gasteiger partial charge in [-0.05, 0) is 49.4 Å². The topological polar surface area (TPSA) is 80.0 Å². The molecule has 5 rings (SSSR count). The maximum atomic E-state index is 13.7. The molecule has 0 spiro atoms. The van der Waals surface area contributed by atoms with Gasteiger partial charge in [0.05, 0.1) is 28.5 Å². The van der Waals surface area contributed by atoms with Crippen LogP contribution in [0.2, 0.25) is 0 Å². The molecule has 1 aliphatic carbocycles. The van der Waals surface area contributed by atoms with Gasteiger partial charge in [0.1, 0.15) is 10.6 Å². The Hall–Kier alpha value is -3.16. The Morgan fingerprint density at radius 3 is 2.64 bits per heavy atom. The zero-order valence-corrected chi connectivity index (χ0v) is 19.1. The molecule has 0 unspecified atom stereocenters. The highest BCUT2D eigenvalue weighted by Crippen LogP contribution is 2.33. The van der Waals surface area contributed by atoms with E-state index in [1.165, 1.54) is 30.6 Å². The fraction of sp³-hybridized carbons (Fsp3) is 0.308. The van der Waals surface area contributed by atoms with E-state index in [4.69, 9.17) is 9.84 Å². The summed E-state index contributed by atoms with van der Waals surface area (Å²) in [6.45, 7) is -0.00342. The number of benzene rings is 2. The number of aliphatic hydroxyl groups is 1. The molecule has 0 radical (unpaired) electrons. The van der Waals surface area contributed by atoms with E-state index < -0.39 is 0 Å². The van der Waals surface area contributed by atoms with Crippen LogP contribution in [0.3, 0.4) is 0 Å². The minimum Gasteiger partial charge on any atom is -0.490 e. The molecule has 1 saturated carbocycles. The summed E-state index contributed by atoms with van der Waals surface area (Å²) >= 11 is 1.41. The highest BCUT2D eigenvalue weighted by Gasteiger charge is 2.21. The standard InChI is InChI=1S/C26H26N2O4S/c29-14-13-27-24(30)21-16-20(17-7-3-1-4-8-17)25(31)28-22-15-19(11-12-23(22)33-26(21)28)32-18-9-5-2-6-10-18/h1,3-4,7-8,11-12,15-16,18,29H,2,5-6,9-10,13-14H2,(H,27,30). The van der Waals surface area contributed by atoms with Crippen LogP contribution in [0.5, 0.6) is 5.75 Å². The quantitative estimate of drug-likeness (QED) is 0.438. The number of thiazole rings is 1. The summed E-state index contributed by atoms with van der Waals surface area (Å²) in [5, 5.41) is 11.9. The first kappa shape index (κ1) is 21.7. The normalized spacial score (nSPS) is 14.6. The van der Waals surface area contributed by atoms with Crippen LogP contribution in [-0.2, 0) is 0 Å². The van der Waals surface area contributed by atoms with Gasteiger partial charge >= 0.3 is 0 Å². The number of nitrogens with zero attached hydrogens (tertiary/aromatic N) is 1. The SMILES string of the molecule is O=C(NCCO)c1cc(-c2ccccc2)c(=O)n2c1sc1ccc(OC3CCCCC3)cc12. The zero-order valence-electron chi connectivity index (χ0n) is 18.3. The Kier molecular flexibility index (Phi) is 6.15. The molecule has 1 fully saturated rings.